The minimum atomic E-state index is 0.378. The van der Waals surface area contributed by atoms with Crippen LogP contribution in [0.15, 0.2) is 42.7 Å². The van der Waals surface area contributed by atoms with Gasteiger partial charge in [-0.1, -0.05) is 12.1 Å². The van der Waals surface area contributed by atoms with Gasteiger partial charge in [-0.25, -0.2) is 14.6 Å². The Balaban J connectivity index is 1.52. The van der Waals surface area contributed by atoms with E-state index < -0.39 is 0 Å². The third-order valence-corrected chi connectivity index (χ3v) is 4.91. The fourth-order valence-electron chi connectivity index (χ4n) is 3.46. The Kier molecular flexibility index (Phi) is 4.90. The molecular weight excluding hydrogens is 338 g/mol. The number of hydrogen-bond acceptors (Lipinski definition) is 5. The van der Waals surface area contributed by atoms with E-state index >= 15 is 0 Å². The quantitative estimate of drug-likeness (QED) is 0.695. The van der Waals surface area contributed by atoms with Gasteiger partial charge in [0.1, 0.15) is 11.6 Å². The van der Waals surface area contributed by atoms with Crippen LogP contribution < -0.4 is 4.90 Å². The van der Waals surface area contributed by atoms with E-state index in [4.69, 9.17) is 4.74 Å². The molecule has 0 spiro atoms. The zero-order valence-corrected chi connectivity index (χ0v) is 16.1. The Morgan fingerprint density at radius 3 is 2.89 bits per heavy atom. The molecule has 0 saturated carbocycles. The van der Waals surface area contributed by atoms with E-state index in [1.54, 1.807) is 0 Å². The standard InChI is InChI=1S/C21H25N5O/c1-15-5-4-6-19(9-15)26-13-17(11-22-26)12-25(3)21-10-20(23-16(2)24-21)18-7-8-27-14-18/h4-6,9-11,13,18H,7-8,12,14H2,1-3H3. The van der Waals surface area contributed by atoms with Gasteiger partial charge in [0.15, 0.2) is 0 Å². The lowest BCUT2D eigenvalue weighted by Gasteiger charge is -2.19. The van der Waals surface area contributed by atoms with Crippen molar-refractivity contribution in [2.45, 2.75) is 32.7 Å². The van der Waals surface area contributed by atoms with Crippen molar-refractivity contribution in [3.63, 3.8) is 0 Å². The minimum Gasteiger partial charge on any atom is -0.381 e. The number of aromatic nitrogens is 4. The van der Waals surface area contributed by atoms with Crippen molar-refractivity contribution < 1.29 is 4.74 Å². The van der Waals surface area contributed by atoms with Gasteiger partial charge in [-0.2, -0.15) is 5.10 Å². The zero-order chi connectivity index (χ0) is 18.8. The molecule has 1 aromatic carbocycles. The second-order valence-electron chi connectivity index (χ2n) is 7.25. The molecular formula is C21H25N5O. The van der Waals surface area contributed by atoms with E-state index in [9.17, 15) is 0 Å². The van der Waals surface area contributed by atoms with Crippen LogP contribution in [0, 0.1) is 13.8 Å². The molecule has 6 nitrogen and oxygen atoms in total. The number of hydrogen-bond donors (Lipinski definition) is 0. The number of rotatable bonds is 5. The van der Waals surface area contributed by atoms with Gasteiger partial charge < -0.3 is 9.64 Å². The molecule has 0 aliphatic carbocycles. The summed E-state index contributed by atoms with van der Waals surface area (Å²) in [6.07, 6.45) is 5.02. The molecule has 1 unspecified atom stereocenters. The molecule has 0 amide bonds. The third-order valence-electron chi connectivity index (χ3n) is 4.91. The maximum atomic E-state index is 5.52. The van der Waals surface area contributed by atoms with Crippen LogP contribution in [0.1, 0.15) is 35.0 Å². The number of anilines is 1. The van der Waals surface area contributed by atoms with Gasteiger partial charge in [0, 0.05) is 43.9 Å². The molecule has 6 heteroatoms. The predicted molar refractivity (Wildman–Crippen MR) is 105 cm³/mol. The molecule has 0 bridgehead atoms. The van der Waals surface area contributed by atoms with E-state index in [0.29, 0.717) is 5.92 Å². The summed E-state index contributed by atoms with van der Waals surface area (Å²) in [4.78, 5) is 11.4. The zero-order valence-electron chi connectivity index (χ0n) is 16.1. The highest BCUT2D eigenvalue weighted by Crippen LogP contribution is 2.26. The van der Waals surface area contributed by atoms with Gasteiger partial charge in [-0.05, 0) is 38.0 Å². The smallest absolute Gasteiger partial charge is 0.132 e. The van der Waals surface area contributed by atoms with Crippen molar-refractivity contribution in [2.24, 2.45) is 0 Å². The average molecular weight is 363 g/mol. The number of ether oxygens (including phenoxy) is 1. The molecule has 3 aromatic rings. The highest BCUT2D eigenvalue weighted by molar-refractivity contribution is 5.41. The van der Waals surface area contributed by atoms with Crippen LogP contribution in [-0.2, 0) is 11.3 Å². The maximum absolute atomic E-state index is 5.52. The van der Waals surface area contributed by atoms with Crippen molar-refractivity contribution in [3.05, 3.63) is 65.4 Å². The first kappa shape index (κ1) is 17.7. The Labute approximate surface area is 159 Å². The van der Waals surface area contributed by atoms with Gasteiger partial charge in [0.05, 0.1) is 24.2 Å². The molecule has 3 heterocycles. The summed E-state index contributed by atoms with van der Waals surface area (Å²) >= 11 is 0. The summed E-state index contributed by atoms with van der Waals surface area (Å²) in [5, 5.41) is 4.51. The van der Waals surface area contributed by atoms with E-state index in [-0.39, 0.29) is 0 Å². The highest BCUT2D eigenvalue weighted by Gasteiger charge is 2.21. The van der Waals surface area contributed by atoms with Gasteiger partial charge >= 0.3 is 0 Å². The third kappa shape index (κ3) is 4.01. The average Bonchev–Trinajstić information content (AvgIpc) is 3.33. The lowest BCUT2D eigenvalue weighted by Crippen LogP contribution is -2.19. The number of nitrogens with zero attached hydrogens (tertiary/aromatic N) is 5. The molecule has 27 heavy (non-hydrogen) atoms. The fourth-order valence-corrected chi connectivity index (χ4v) is 3.46. The van der Waals surface area contributed by atoms with Gasteiger partial charge in [0.25, 0.3) is 0 Å². The maximum Gasteiger partial charge on any atom is 0.132 e. The second kappa shape index (κ2) is 7.48. The molecule has 1 aliphatic heterocycles. The Bertz CT molecular complexity index is 930. The molecule has 4 rings (SSSR count). The Morgan fingerprint density at radius 2 is 2.11 bits per heavy atom. The second-order valence-corrected chi connectivity index (χ2v) is 7.25. The first-order chi connectivity index (χ1) is 13.1. The summed E-state index contributed by atoms with van der Waals surface area (Å²) in [5.41, 5.74) is 4.52. The monoisotopic (exact) mass is 363 g/mol. The molecule has 2 aromatic heterocycles. The largest absolute Gasteiger partial charge is 0.381 e. The number of benzene rings is 1. The minimum absolute atomic E-state index is 0.378. The van der Waals surface area contributed by atoms with Crippen LogP contribution in [0.3, 0.4) is 0 Å². The molecule has 0 N–H and O–H groups in total. The SMILES string of the molecule is Cc1cccc(-n2cc(CN(C)c3cc(C4CCOC4)nc(C)n3)cn2)c1. The van der Waals surface area contributed by atoms with Crippen molar-refractivity contribution in [2.75, 3.05) is 25.2 Å². The van der Waals surface area contributed by atoms with Crippen LogP contribution in [0.25, 0.3) is 5.69 Å². The van der Waals surface area contributed by atoms with Crippen LogP contribution in [0.2, 0.25) is 0 Å². The summed E-state index contributed by atoms with van der Waals surface area (Å²) in [6, 6.07) is 10.4. The highest BCUT2D eigenvalue weighted by atomic mass is 16.5. The van der Waals surface area contributed by atoms with Crippen molar-refractivity contribution >= 4 is 5.82 Å². The van der Waals surface area contributed by atoms with E-state index in [0.717, 1.165) is 54.8 Å². The first-order valence-electron chi connectivity index (χ1n) is 9.33. The Hall–Kier alpha value is -2.73. The van der Waals surface area contributed by atoms with E-state index in [1.807, 2.05) is 17.8 Å². The van der Waals surface area contributed by atoms with Crippen LogP contribution in [0.5, 0.6) is 0 Å². The van der Waals surface area contributed by atoms with Crippen LogP contribution in [-0.4, -0.2) is 40.0 Å². The van der Waals surface area contributed by atoms with Crippen molar-refractivity contribution in [3.8, 4) is 5.69 Å². The van der Waals surface area contributed by atoms with Crippen molar-refractivity contribution in [1.29, 1.82) is 0 Å². The Morgan fingerprint density at radius 1 is 1.22 bits per heavy atom. The van der Waals surface area contributed by atoms with E-state index in [1.165, 1.54) is 5.56 Å². The fraction of sp³-hybridized carbons (Fsp3) is 0.381. The molecule has 1 aliphatic rings. The summed E-state index contributed by atoms with van der Waals surface area (Å²) in [6.45, 7) is 6.35. The van der Waals surface area contributed by atoms with Crippen LogP contribution in [0.4, 0.5) is 5.82 Å². The molecule has 1 fully saturated rings. The predicted octanol–water partition coefficient (Wildman–Crippen LogP) is 3.42. The summed E-state index contributed by atoms with van der Waals surface area (Å²) in [7, 11) is 2.06. The van der Waals surface area contributed by atoms with Crippen molar-refractivity contribution in [1.82, 2.24) is 19.7 Å². The lowest BCUT2D eigenvalue weighted by atomic mass is 10.0. The van der Waals surface area contributed by atoms with Gasteiger partial charge in [0.2, 0.25) is 0 Å². The lowest BCUT2D eigenvalue weighted by molar-refractivity contribution is 0.193. The first-order valence-corrected chi connectivity index (χ1v) is 9.33. The number of aryl methyl sites for hydroxylation is 2. The normalized spacial score (nSPS) is 16.6. The molecule has 1 atom stereocenters. The molecule has 140 valence electrons. The molecule has 0 radical (unpaired) electrons. The van der Waals surface area contributed by atoms with Gasteiger partial charge in [-0.15, -0.1) is 0 Å². The topological polar surface area (TPSA) is 56.1 Å². The van der Waals surface area contributed by atoms with Gasteiger partial charge in [-0.3, -0.25) is 0 Å². The summed E-state index contributed by atoms with van der Waals surface area (Å²) < 4.78 is 7.43. The van der Waals surface area contributed by atoms with Crippen LogP contribution >= 0.6 is 0 Å². The summed E-state index contributed by atoms with van der Waals surface area (Å²) in [5.74, 6) is 2.12. The molecule has 1 saturated heterocycles. The van der Waals surface area contributed by atoms with E-state index in [2.05, 4.69) is 70.5 Å².